The Labute approximate surface area is 177 Å². The molecule has 1 aromatic carbocycles. The van der Waals surface area contributed by atoms with Crippen molar-refractivity contribution < 1.29 is 40.6 Å². The summed E-state index contributed by atoms with van der Waals surface area (Å²) < 4.78 is 83.9. The zero-order valence-corrected chi connectivity index (χ0v) is 16.4. The standard InChI is InChI=1S/C17H18F6N4O5/c18-16(19,20)9-31-12-4-5-14(32-10-17(21,22)23)13(7-12)15(28)27(25-30)8-11-3-1-2-6-26(11)24-29/h4-5,7,11H,1-3,6,8-10H2. The topological polar surface area (TPSA) is 101 Å². The summed E-state index contributed by atoms with van der Waals surface area (Å²) in [7, 11) is 0. The minimum Gasteiger partial charge on any atom is -0.484 e. The monoisotopic (exact) mass is 472 g/mol. The molecule has 1 heterocycles. The lowest BCUT2D eigenvalue weighted by Gasteiger charge is -2.32. The van der Waals surface area contributed by atoms with E-state index in [4.69, 9.17) is 0 Å². The number of ether oxygens (including phenoxy) is 2. The lowest BCUT2D eigenvalue weighted by atomic mass is 10.0. The van der Waals surface area contributed by atoms with E-state index in [1.165, 1.54) is 0 Å². The van der Waals surface area contributed by atoms with Crippen LogP contribution in [-0.4, -0.2) is 60.6 Å². The molecular weight excluding hydrogens is 454 g/mol. The van der Waals surface area contributed by atoms with Crippen LogP contribution in [0.3, 0.4) is 0 Å². The highest BCUT2D eigenvalue weighted by Gasteiger charge is 2.33. The maximum atomic E-state index is 12.8. The summed E-state index contributed by atoms with van der Waals surface area (Å²) in [5.41, 5.74) is -0.671. The first-order valence-electron chi connectivity index (χ1n) is 9.21. The predicted octanol–water partition coefficient (Wildman–Crippen LogP) is 4.23. The molecule has 0 bridgehead atoms. The molecule has 0 aromatic heterocycles. The second-order valence-corrected chi connectivity index (χ2v) is 6.83. The Balaban J connectivity index is 2.30. The SMILES string of the molecule is O=NN(CC1CCCCN1N=O)C(=O)c1cc(OCC(F)(F)F)ccc1OCC(F)(F)F. The number of nitrogens with zero attached hydrogens (tertiary/aromatic N) is 4. The van der Waals surface area contributed by atoms with Crippen molar-refractivity contribution in [2.24, 2.45) is 10.6 Å². The van der Waals surface area contributed by atoms with Gasteiger partial charge in [0.15, 0.2) is 13.2 Å². The summed E-state index contributed by atoms with van der Waals surface area (Å²) >= 11 is 0. The van der Waals surface area contributed by atoms with Gasteiger partial charge < -0.3 is 9.47 Å². The summed E-state index contributed by atoms with van der Waals surface area (Å²) in [6.07, 6.45) is -7.78. The lowest BCUT2D eigenvalue weighted by molar-refractivity contribution is -0.154. The van der Waals surface area contributed by atoms with E-state index in [1.807, 2.05) is 0 Å². The Kier molecular flexibility index (Phi) is 8.21. The highest BCUT2D eigenvalue weighted by Crippen LogP contribution is 2.29. The number of carbonyl (C=O) groups excluding carboxylic acids is 1. The van der Waals surface area contributed by atoms with E-state index < -0.39 is 61.1 Å². The molecule has 32 heavy (non-hydrogen) atoms. The van der Waals surface area contributed by atoms with Crippen LogP contribution in [0.4, 0.5) is 26.3 Å². The number of hydrogen-bond donors (Lipinski definition) is 0. The Bertz CT molecular complexity index is 820. The molecule has 0 N–H and O–H groups in total. The Morgan fingerprint density at radius 2 is 1.72 bits per heavy atom. The van der Waals surface area contributed by atoms with Crippen LogP contribution in [0.5, 0.6) is 11.5 Å². The van der Waals surface area contributed by atoms with E-state index in [0.717, 1.165) is 17.1 Å². The van der Waals surface area contributed by atoms with Gasteiger partial charge in [0.05, 0.1) is 28.7 Å². The zero-order valence-electron chi connectivity index (χ0n) is 16.4. The minimum atomic E-state index is -4.77. The molecule has 2 rings (SSSR count). The van der Waals surface area contributed by atoms with Gasteiger partial charge in [0.1, 0.15) is 11.5 Å². The molecule has 15 heteroatoms. The number of nitroso groups, excluding NO2 is 2. The molecule has 1 atom stereocenters. The molecule has 1 unspecified atom stereocenters. The second-order valence-electron chi connectivity index (χ2n) is 6.83. The van der Waals surface area contributed by atoms with Gasteiger partial charge in [0, 0.05) is 6.54 Å². The quantitative estimate of drug-likeness (QED) is 0.303. The summed E-state index contributed by atoms with van der Waals surface area (Å²) in [5, 5.41) is 6.82. The van der Waals surface area contributed by atoms with Gasteiger partial charge in [-0.25, -0.2) is 0 Å². The van der Waals surface area contributed by atoms with Crippen molar-refractivity contribution in [2.45, 2.75) is 37.7 Å². The molecule has 0 spiro atoms. The molecule has 178 valence electrons. The maximum Gasteiger partial charge on any atom is 0.422 e. The third-order valence-electron chi connectivity index (χ3n) is 4.39. The number of hydrogen-bond acceptors (Lipinski definition) is 7. The van der Waals surface area contributed by atoms with Crippen molar-refractivity contribution in [3.05, 3.63) is 33.6 Å². The lowest BCUT2D eigenvalue weighted by Crippen LogP contribution is -2.44. The fraction of sp³-hybridized carbons (Fsp3) is 0.588. The number of halogens is 6. The van der Waals surface area contributed by atoms with Crippen molar-refractivity contribution >= 4 is 5.91 Å². The normalized spacial score (nSPS) is 16.9. The van der Waals surface area contributed by atoms with Crippen molar-refractivity contribution in [1.82, 2.24) is 10.0 Å². The molecule has 0 radical (unpaired) electrons. The molecule has 0 saturated carbocycles. The molecule has 1 aliphatic heterocycles. The fourth-order valence-corrected chi connectivity index (χ4v) is 2.99. The number of benzene rings is 1. The molecule has 1 fully saturated rings. The van der Waals surface area contributed by atoms with Gasteiger partial charge in [0.25, 0.3) is 5.91 Å². The molecule has 1 aliphatic rings. The third kappa shape index (κ3) is 7.53. The molecule has 1 aromatic rings. The average molecular weight is 472 g/mol. The minimum absolute atomic E-state index is 0.274. The van der Waals surface area contributed by atoms with Crippen LogP contribution in [0, 0.1) is 9.81 Å². The van der Waals surface area contributed by atoms with Gasteiger partial charge in [-0.3, -0.25) is 9.80 Å². The van der Waals surface area contributed by atoms with Crippen molar-refractivity contribution in [3.63, 3.8) is 0 Å². The van der Waals surface area contributed by atoms with Crippen LogP contribution >= 0.6 is 0 Å². The summed E-state index contributed by atoms with van der Waals surface area (Å²) in [6, 6.07) is 1.74. The van der Waals surface area contributed by atoms with Crippen LogP contribution in [0.25, 0.3) is 0 Å². The van der Waals surface area contributed by atoms with Crippen LogP contribution in [-0.2, 0) is 0 Å². The Morgan fingerprint density at radius 3 is 2.31 bits per heavy atom. The first-order chi connectivity index (χ1) is 14.9. The van der Waals surface area contributed by atoms with Gasteiger partial charge in [-0.15, -0.1) is 9.81 Å². The zero-order chi connectivity index (χ0) is 23.9. The van der Waals surface area contributed by atoms with E-state index in [9.17, 15) is 41.0 Å². The molecule has 1 amide bonds. The van der Waals surface area contributed by atoms with Crippen molar-refractivity contribution in [1.29, 1.82) is 0 Å². The highest BCUT2D eigenvalue weighted by atomic mass is 19.4. The molecule has 1 saturated heterocycles. The first-order valence-corrected chi connectivity index (χ1v) is 9.21. The number of alkyl halides is 6. The van der Waals surface area contributed by atoms with Gasteiger partial charge in [-0.1, -0.05) is 0 Å². The third-order valence-corrected chi connectivity index (χ3v) is 4.39. The molecule has 0 aliphatic carbocycles. The van der Waals surface area contributed by atoms with E-state index in [2.05, 4.69) is 20.0 Å². The van der Waals surface area contributed by atoms with Gasteiger partial charge in [-0.05, 0) is 37.5 Å². The van der Waals surface area contributed by atoms with Gasteiger partial charge >= 0.3 is 12.4 Å². The summed E-state index contributed by atoms with van der Waals surface area (Å²) in [4.78, 5) is 35.0. The number of amides is 1. The largest absolute Gasteiger partial charge is 0.484 e. The smallest absolute Gasteiger partial charge is 0.422 e. The van der Waals surface area contributed by atoms with E-state index in [1.54, 1.807) is 0 Å². The summed E-state index contributed by atoms with van der Waals surface area (Å²) in [6.45, 7) is -3.66. The number of piperidine rings is 1. The molecule has 9 nitrogen and oxygen atoms in total. The average Bonchev–Trinajstić information content (AvgIpc) is 2.73. The van der Waals surface area contributed by atoms with E-state index >= 15 is 0 Å². The van der Waals surface area contributed by atoms with Crippen LogP contribution in [0.2, 0.25) is 0 Å². The van der Waals surface area contributed by atoms with Crippen molar-refractivity contribution in [3.8, 4) is 11.5 Å². The number of rotatable bonds is 9. The maximum absolute atomic E-state index is 12.8. The highest BCUT2D eigenvalue weighted by molar-refractivity contribution is 5.97. The fourth-order valence-electron chi connectivity index (χ4n) is 2.99. The van der Waals surface area contributed by atoms with E-state index in [-0.39, 0.29) is 6.54 Å². The van der Waals surface area contributed by atoms with Gasteiger partial charge in [0.2, 0.25) is 0 Å². The van der Waals surface area contributed by atoms with Crippen LogP contribution in [0.1, 0.15) is 29.6 Å². The molecular formula is C17H18F6N4O5. The van der Waals surface area contributed by atoms with Crippen LogP contribution < -0.4 is 9.47 Å². The first kappa shape index (κ1) is 25.1. The Morgan fingerprint density at radius 1 is 1.06 bits per heavy atom. The predicted molar refractivity (Wildman–Crippen MR) is 96.5 cm³/mol. The van der Waals surface area contributed by atoms with E-state index in [0.29, 0.717) is 30.3 Å². The second kappa shape index (κ2) is 10.5. The van der Waals surface area contributed by atoms with Gasteiger partial charge in [-0.2, -0.15) is 31.4 Å². The van der Waals surface area contributed by atoms with Crippen molar-refractivity contribution in [2.75, 3.05) is 26.3 Å². The number of carbonyl (C=O) groups is 1. The van der Waals surface area contributed by atoms with Crippen LogP contribution in [0.15, 0.2) is 28.8 Å². The Hall–Kier alpha value is -3.13. The summed E-state index contributed by atoms with van der Waals surface area (Å²) in [5.74, 6) is -2.38.